The molecule has 1 saturated heterocycles. The van der Waals surface area contributed by atoms with Crippen LogP contribution in [0.5, 0.6) is 0 Å². The third kappa shape index (κ3) is 4.16. The van der Waals surface area contributed by atoms with Crippen molar-refractivity contribution in [3.63, 3.8) is 0 Å². The van der Waals surface area contributed by atoms with Crippen molar-refractivity contribution in [3.8, 4) is 0 Å². The fourth-order valence-corrected chi connectivity index (χ4v) is 7.14. The number of rotatable bonds is 4. The van der Waals surface area contributed by atoms with E-state index >= 15 is 0 Å². The molecule has 3 rings (SSSR count). The molecule has 1 fully saturated rings. The van der Waals surface area contributed by atoms with Crippen molar-refractivity contribution in [1.82, 2.24) is 0 Å². The third-order valence-corrected chi connectivity index (χ3v) is 8.44. The molecule has 2 aromatic carbocycles. The molecule has 6 nitrogen and oxygen atoms in total. The van der Waals surface area contributed by atoms with Gasteiger partial charge >= 0.3 is 0 Å². The fraction of sp³-hybridized carbons (Fsp3) is 0.235. The van der Waals surface area contributed by atoms with Crippen molar-refractivity contribution in [2.45, 2.75) is 16.6 Å². The third-order valence-electron chi connectivity index (χ3n) is 4.25. The maximum Gasteiger partial charge on any atom is 0.255 e. The van der Waals surface area contributed by atoms with E-state index in [9.17, 15) is 30.4 Å². The Morgan fingerprint density at radius 1 is 1.07 bits per heavy atom. The SMILES string of the molecule is O=C(Nc1ccc(F)cc1F)c1ccc(S(=O)(=O)[C@@H]2CCS(=O)(=O)C2)cc1. The van der Waals surface area contributed by atoms with Gasteiger partial charge in [-0.3, -0.25) is 4.79 Å². The van der Waals surface area contributed by atoms with Crippen LogP contribution in [0.15, 0.2) is 47.4 Å². The minimum absolute atomic E-state index is 0.0384. The lowest BCUT2D eigenvalue weighted by Crippen LogP contribution is -2.23. The molecule has 1 heterocycles. The van der Waals surface area contributed by atoms with Gasteiger partial charge in [0.05, 0.1) is 27.3 Å². The lowest BCUT2D eigenvalue weighted by Gasteiger charge is -2.11. The van der Waals surface area contributed by atoms with E-state index in [0.717, 1.165) is 12.1 Å². The summed E-state index contributed by atoms with van der Waals surface area (Å²) in [5.74, 6) is -3.01. The van der Waals surface area contributed by atoms with Crippen LogP contribution in [0.3, 0.4) is 0 Å². The molecular weight excluding hydrogens is 400 g/mol. The first kappa shape index (κ1) is 19.4. The summed E-state index contributed by atoms with van der Waals surface area (Å²) in [5.41, 5.74) is -0.147. The summed E-state index contributed by atoms with van der Waals surface area (Å²) in [7, 11) is -7.19. The van der Waals surface area contributed by atoms with Crippen LogP contribution in [0, 0.1) is 11.6 Å². The second-order valence-electron chi connectivity index (χ2n) is 6.17. The van der Waals surface area contributed by atoms with E-state index in [1.807, 2.05) is 0 Å². The van der Waals surface area contributed by atoms with Gasteiger partial charge in [-0.05, 0) is 42.8 Å². The van der Waals surface area contributed by atoms with Crippen LogP contribution in [-0.4, -0.2) is 39.5 Å². The summed E-state index contributed by atoms with van der Waals surface area (Å²) in [6.07, 6.45) is 0.0384. The number of halogens is 2. The lowest BCUT2D eigenvalue weighted by molar-refractivity contribution is 0.102. The molecule has 0 radical (unpaired) electrons. The standard InChI is InChI=1S/C17H15F2NO5S2/c18-12-3-6-16(15(19)9-12)20-17(21)11-1-4-13(5-2-11)27(24,25)14-7-8-26(22,23)10-14/h1-6,9,14H,7-8,10H2,(H,20,21)/t14-/m1/s1. The molecule has 1 aliphatic heterocycles. The molecule has 0 aliphatic carbocycles. The quantitative estimate of drug-likeness (QED) is 0.826. The van der Waals surface area contributed by atoms with Crippen LogP contribution in [-0.2, 0) is 19.7 Å². The number of benzene rings is 2. The number of sulfone groups is 2. The molecule has 1 aliphatic rings. The minimum atomic E-state index is -3.84. The Kier molecular flexibility index (Phi) is 5.04. The molecule has 144 valence electrons. The topological polar surface area (TPSA) is 97.4 Å². The summed E-state index contributed by atoms with van der Waals surface area (Å²) in [6.45, 7) is 0. The normalized spacial score (nSPS) is 19.0. The number of carbonyl (C=O) groups excluding carboxylic acids is 1. The highest BCUT2D eigenvalue weighted by atomic mass is 32.2. The van der Waals surface area contributed by atoms with Gasteiger partial charge in [0.2, 0.25) is 0 Å². The second-order valence-corrected chi connectivity index (χ2v) is 10.6. The monoisotopic (exact) mass is 415 g/mol. The average molecular weight is 415 g/mol. The van der Waals surface area contributed by atoms with E-state index in [-0.39, 0.29) is 28.3 Å². The Morgan fingerprint density at radius 3 is 2.30 bits per heavy atom. The molecule has 1 amide bonds. The molecule has 2 aromatic rings. The van der Waals surface area contributed by atoms with Crippen molar-refractivity contribution < 1.29 is 30.4 Å². The van der Waals surface area contributed by atoms with Crippen molar-refractivity contribution in [3.05, 3.63) is 59.7 Å². The van der Waals surface area contributed by atoms with Gasteiger partial charge in [-0.25, -0.2) is 25.6 Å². The molecule has 0 saturated carbocycles. The molecular formula is C17H15F2NO5S2. The fourth-order valence-electron chi connectivity index (χ4n) is 2.78. The molecule has 0 spiro atoms. The number of carbonyl (C=O) groups is 1. The predicted octanol–water partition coefficient (Wildman–Crippen LogP) is 2.18. The molecule has 0 bridgehead atoms. The van der Waals surface area contributed by atoms with E-state index in [4.69, 9.17) is 0 Å². The number of anilines is 1. The largest absolute Gasteiger partial charge is 0.319 e. The molecule has 10 heteroatoms. The van der Waals surface area contributed by atoms with Crippen LogP contribution in [0.2, 0.25) is 0 Å². The predicted molar refractivity (Wildman–Crippen MR) is 95.0 cm³/mol. The number of amides is 1. The van der Waals surface area contributed by atoms with E-state index in [1.54, 1.807) is 0 Å². The maximum absolute atomic E-state index is 13.6. The van der Waals surface area contributed by atoms with Gasteiger partial charge in [0.25, 0.3) is 5.91 Å². The maximum atomic E-state index is 13.6. The van der Waals surface area contributed by atoms with Crippen molar-refractivity contribution in [1.29, 1.82) is 0 Å². The first-order valence-corrected chi connectivity index (χ1v) is 11.3. The number of hydrogen-bond donors (Lipinski definition) is 1. The van der Waals surface area contributed by atoms with Gasteiger partial charge in [0, 0.05) is 11.6 Å². The molecule has 1 N–H and O–H groups in total. The average Bonchev–Trinajstić information content (AvgIpc) is 2.98. The zero-order chi connectivity index (χ0) is 19.8. The Balaban J connectivity index is 1.77. The van der Waals surface area contributed by atoms with E-state index in [1.165, 1.54) is 24.3 Å². The van der Waals surface area contributed by atoms with E-state index in [2.05, 4.69) is 5.32 Å². The van der Waals surface area contributed by atoms with Gasteiger partial charge in [0.1, 0.15) is 11.6 Å². The van der Waals surface area contributed by atoms with E-state index < -0.39 is 48.2 Å². The Hall–Kier alpha value is -2.33. The molecule has 0 unspecified atom stereocenters. The Labute approximate surface area is 155 Å². The van der Waals surface area contributed by atoms with Crippen LogP contribution in [0.1, 0.15) is 16.8 Å². The van der Waals surface area contributed by atoms with Crippen LogP contribution in [0.4, 0.5) is 14.5 Å². The van der Waals surface area contributed by atoms with Crippen LogP contribution in [0.25, 0.3) is 0 Å². The summed E-state index contributed by atoms with van der Waals surface area (Å²) >= 11 is 0. The minimum Gasteiger partial charge on any atom is -0.319 e. The number of nitrogens with one attached hydrogen (secondary N) is 1. The highest BCUT2D eigenvalue weighted by molar-refractivity contribution is 7.96. The van der Waals surface area contributed by atoms with Gasteiger partial charge in [0.15, 0.2) is 19.7 Å². The Bertz CT molecular complexity index is 1100. The first-order valence-electron chi connectivity index (χ1n) is 7.89. The van der Waals surface area contributed by atoms with Crippen molar-refractivity contribution in [2.24, 2.45) is 0 Å². The highest BCUT2D eigenvalue weighted by Crippen LogP contribution is 2.26. The molecule has 27 heavy (non-hydrogen) atoms. The summed E-state index contributed by atoms with van der Waals surface area (Å²) < 4.78 is 74.6. The zero-order valence-electron chi connectivity index (χ0n) is 13.9. The molecule has 0 aromatic heterocycles. The van der Waals surface area contributed by atoms with Crippen LogP contribution >= 0.6 is 0 Å². The number of hydrogen-bond acceptors (Lipinski definition) is 5. The van der Waals surface area contributed by atoms with Gasteiger partial charge in [-0.2, -0.15) is 0 Å². The van der Waals surface area contributed by atoms with Crippen molar-refractivity contribution >= 4 is 31.3 Å². The Morgan fingerprint density at radius 2 is 1.74 bits per heavy atom. The molecule has 1 atom stereocenters. The second kappa shape index (κ2) is 7.01. The van der Waals surface area contributed by atoms with Crippen LogP contribution < -0.4 is 5.32 Å². The zero-order valence-corrected chi connectivity index (χ0v) is 15.5. The van der Waals surface area contributed by atoms with Gasteiger partial charge < -0.3 is 5.32 Å². The van der Waals surface area contributed by atoms with Gasteiger partial charge in [-0.15, -0.1) is 0 Å². The summed E-state index contributed by atoms with van der Waals surface area (Å²) in [5, 5.41) is 1.26. The van der Waals surface area contributed by atoms with E-state index in [0.29, 0.717) is 6.07 Å². The highest BCUT2D eigenvalue weighted by Gasteiger charge is 2.38. The summed E-state index contributed by atoms with van der Waals surface area (Å²) in [6, 6.07) is 7.58. The lowest BCUT2D eigenvalue weighted by atomic mass is 10.2. The van der Waals surface area contributed by atoms with Gasteiger partial charge in [-0.1, -0.05) is 0 Å². The summed E-state index contributed by atoms with van der Waals surface area (Å²) in [4.78, 5) is 12.1. The smallest absolute Gasteiger partial charge is 0.255 e. The van der Waals surface area contributed by atoms with Crippen molar-refractivity contribution in [2.75, 3.05) is 16.8 Å². The first-order chi connectivity index (χ1) is 12.6.